The molecule has 1 aromatic heterocycles. The molecule has 0 fully saturated rings. The van der Waals surface area contributed by atoms with E-state index in [-0.39, 0.29) is 5.56 Å². The number of aromatic carboxylic acids is 1. The number of nitrogens with zero attached hydrogens (tertiary/aromatic N) is 2. The number of rotatable bonds is 4. The van der Waals surface area contributed by atoms with Gasteiger partial charge in [-0.1, -0.05) is 18.2 Å². The predicted molar refractivity (Wildman–Crippen MR) is 78.8 cm³/mol. The van der Waals surface area contributed by atoms with Gasteiger partial charge < -0.3 is 14.4 Å². The average molecular weight is 282 g/mol. The molecule has 1 N–H and O–H groups in total. The molecular formula is C16H14N2O3. The molecule has 3 aromatic rings. The van der Waals surface area contributed by atoms with Gasteiger partial charge in [0.15, 0.2) is 0 Å². The summed E-state index contributed by atoms with van der Waals surface area (Å²) >= 11 is 0. The van der Waals surface area contributed by atoms with Gasteiger partial charge in [-0.05, 0) is 29.8 Å². The van der Waals surface area contributed by atoms with Gasteiger partial charge >= 0.3 is 5.97 Å². The zero-order valence-corrected chi connectivity index (χ0v) is 11.5. The Morgan fingerprint density at radius 2 is 2.10 bits per heavy atom. The van der Waals surface area contributed by atoms with Crippen LogP contribution in [0.25, 0.3) is 11.0 Å². The van der Waals surface area contributed by atoms with Gasteiger partial charge in [0.05, 0.1) is 24.5 Å². The fourth-order valence-corrected chi connectivity index (χ4v) is 2.34. The van der Waals surface area contributed by atoms with E-state index >= 15 is 0 Å². The summed E-state index contributed by atoms with van der Waals surface area (Å²) in [7, 11) is 1.47. The number of benzene rings is 2. The van der Waals surface area contributed by atoms with E-state index in [1.807, 2.05) is 28.8 Å². The summed E-state index contributed by atoms with van der Waals surface area (Å²) in [5.41, 5.74) is 3.10. The molecule has 5 heteroatoms. The highest BCUT2D eigenvalue weighted by molar-refractivity contribution is 5.91. The Morgan fingerprint density at radius 3 is 2.86 bits per heavy atom. The number of carbonyl (C=O) groups is 1. The van der Waals surface area contributed by atoms with Crippen LogP contribution in [0.1, 0.15) is 15.9 Å². The summed E-state index contributed by atoms with van der Waals surface area (Å²) in [6, 6.07) is 13.0. The molecule has 0 atom stereocenters. The van der Waals surface area contributed by atoms with Crippen molar-refractivity contribution in [1.82, 2.24) is 9.55 Å². The van der Waals surface area contributed by atoms with Crippen LogP contribution in [0.2, 0.25) is 0 Å². The molecule has 21 heavy (non-hydrogen) atoms. The maximum absolute atomic E-state index is 11.1. The largest absolute Gasteiger partial charge is 0.496 e. The molecule has 106 valence electrons. The number of fused-ring (bicyclic) bond motifs is 1. The van der Waals surface area contributed by atoms with E-state index in [9.17, 15) is 4.79 Å². The summed E-state index contributed by atoms with van der Waals surface area (Å²) < 4.78 is 7.17. The van der Waals surface area contributed by atoms with Crippen LogP contribution in [0, 0.1) is 0 Å². The Kier molecular flexibility index (Phi) is 3.31. The van der Waals surface area contributed by atoms with Gasteiger partial charge in [0.1, 0.15) is 11.3 Å². The van der Waals surface area contributed by atoms with E-state index in [2.05, 4.69) is 4.98 Å². The molecule has 2 aromatic carbocycles. The fraction of sp³-hybridized carbons (Fsp3) is 0.125. The number of methoxy groups -OCH3 is 1. The van der Waals surface area contributed by atoms with Crippen molar-refractivity contribution < 1.29 is 14.6 Å². The van der Waals surface area contributed by atoms with Crippen LogP contribution in [0.4, 0.5) is 0 Å². The van der Waals surface area contributed by atoms with E-state index in [1.165, 1.54) is 7.11 Å². The standard InChI is InChI=1S/C16H14N2O3/c1-21-15-8-11(6-7-12(15)16(19)20)9-18-10-17-13-4-2-3-5-14(13)18/h2-8,10H,9H2,1H3,(H,19,20). The van der Waals surface area contributed by atoms with Crippen LogP contribution in [0.5, 0.6) is 5.75 Å². The molecule has 1 heterocycles. The molecule has 0 aliphatic heterocycles. The van der Waals surface area contributed by atoms with Gasteiger partial charge in [0, 0.05) is 6.54 Å². The third-order valence-corrected chi connectivity index (χ3v) is 3.38. The first-order chi connectivity index (χ1) is 10.2. The Morgan fingerprint density at radius 1 is 1.29 bits per heavy atom. The monoisotopic (exact) mass is 282 g/mol. The molecule has 0 bridgehead atoms. The number of carboxylic acid groups (broad SMARTS) is 1. The van der Waals surface area contributed by atoms with Gasteiger partial charge in [-0.15, -0.1) is 0 Å². The minimum atomic E-state index is -0.994. The van der Waals surface area contributed by atoms with Gasteiger partial charge in [-0.3, -0.25) is 0 Å². The Bertz CT molecular complexity index is 808. The zero-order chi connectivity index (χ0) is 14.8. The highest BCUT2D eigenvalue weighted by Gasteiger charge is 2.11. The van der Waals surface area contributed by atoms with Crippen LogP contribution >= 0.6 is 0 Å². The molecule has 0 aliphatic rings. The summed E-state index contributed by atoms with van der Waals surface area (Å²) in [6.07, 6.45) is 1.78. The number of aromatic nitrogens is 2. The van der Waals surface area contributed by atoms with Crippen LogP contribution in [-0.4, -0.2) is 27.7 Å². The number of para-hydroxylation sites is 2. The van der Waals surface area contributed by atoms with E-state index in [4.69, 9.17) is 9.84 Å². The maximum Gasteiger partial charge on any atom is 0.339 e. The third kappa shape index (κ3) is 2.45. The predicted octanol–water partition coefficient (Wildman–Crippen LogP) is 2.79. The number of ether oxygens (including phenoxy) is 1. The van der Waals surface area contributed by atoms with E-state index < -0.39 is 5.97 Å². The first-order valence-electron chi connectivity index (χ1n) is 6.49. The molecule has 5 nitrogen and oxygen atoms in total. The number of imidazole rings is 1. The van der Waals surface area contributed by atoms with Crippen molar-refractivity contribution in [3.05, 3.63) is 59.9 Å². The van der Waals surface area contributed by atoms with Crippen molar-refractivity contribution in [3.8, 4) is 5.75 Å². The van der Waals surface area contributed by atoms with Crippen LogP contribution in [0.3, 0.4) is 0 Å². The normalized spacial score (nSPS) is 10.7. The molecule has 0 unspecified atom stereocenters. The summed E-state index contributed by atoms with van der Waals surface area (Å²) in [6.45, 7) is 0.608. The highest BCUT2D eigenvalue weighted by atomic mass is 16.5. The SMILES string of the molecule is COc1cc(Cn2cnc3ccccc32)ccc1C(=O)O. The zero-order valence-electron chi connectivity index (χ0n) is 11.5. The molecule has 0 saturated heterocycles. The van der Waals surface area contributed by atoms with E-state index in [0.29, 0.717) is 12.3 Å². The van der Waals surface area contributed by atoms with Crippen molar-refractivity contribution in [2.75, 3.05) is 7.11 Å². The number of hydrogen-bond donors (Lipinski definition) is 1. The lowest BCUT2D eigenvalue weighted by Gasteiger charge is -2.09. The maximum atomic E-state index is 11.1. The third-order valence-electron chi connectivity index (χ3n) is 3.38. The van der Waals surface area contributed by atoms with Gasteiger partial charge in [0.2, 0.25) is 0 Å². The van der Waals surface area contributed by atoms with Crippen LogP contribution < -0.4 is 4.74 Å². The van der Waals surface area contributed by atoms with Crippen molar-refractivity contribution in [3.63, 3.8) is 0 Å². The lowest BCUT2D eigenvalue weighted by Crippen LogP contribution is -2.03. The van der Waals surface area contributed by atoms with Crippen LogP contribution in [-0.2, 0) is 6.54 Å². The lowest BCUT2D eigenvalue weighted by atomic mass is 10.1. The quantitative estimate of drug-likeness (QED) is 0.799. The molecule has 0 radical (unpaired) electrons. The van der Waals surface area contributed by atoms with E-state index in [0.717, 1.165) is 16.6 Å². The summed E-state index contributed by atoms with van der Waals surface area (Å²) in [5, 5.41) is 9.09. The second-order valence-corrected chi connectivity index (χ2v) is 4.70. The molecule has 0 amide bonds. The minimum absolute atomic E-state index is 0.164. The Balaban J connectivity index is 1.96. The Labute approximate surface area is 121 Å². The molecule has 0 saturated carbocycles. The van der Waals surface area contributed by atoms with Gasteiger partial charge in [-0.25, -0.2) is 9.78 Å². The van der Waals surface area contributed by atoms with Crippen molar-refractivity contribution in [2.45, 2.75) is 6.54 Å². The first kappa shape index (κ1) is 13.2. The fourth-order valence-electron chi connectivity index (χ4n) is 2.34. The molecule has 3 rings (SSSR count). The minimum Gasteiger partial charge on any atom is -0.496 e. The second-order valence-electron chi connectivity index (χ2n) is 4.70. The lowest BCUT2D eigenvalue weighted by molar-refractivity contribution is 0.0693. The molecule has 0 spiro atoms. The highest BCUT2D eigenvalue weighted by Crippen LogP contribution is 2.22. The number of hydrogen-bond acceptors (Lipinski definition) is 3. The Hall–Kier alpha value is -2.82. The van der Waals surface area contributed by atoms with Crippen molar-refractivity contribution in [2.24, 2.45) is 0 Å². The molecule has 0 aliphatic carbocycles. The summed E-state index contributed by atoms with van der Waals surface area (Å²) in [5.74, 6) is -0.629. The first-order valence-corrected chi connectivity index (χ1v) is 6.49. The average Bonchev–Trinajstić information content (AvgIpc) is 2.90. The molecular weight excluding hydrogens is 268 g/mol. The van der Waals surface area contributed by atoms with Crippen LogP contribution in [0.15, 0.2) is 48.8 Å². The second kappa shape index (κ2) is 5.28. The van der Waals surface area contributed by atoms with E-state index in [1.54, 1.807) is 24.5 Å². The number of carboxylic acids is 1. The van der Waals surface area contributed by atoms with Gasteiger partial charge in [0.25, 0.3) is 0 Å². The van der Waals surface area contributed by atoms with Gasteiger partial charge in [-0.2, -0.15) is 0 Å². The van der Waals surface area contributed by atoms with Crippen molar-refractivity contribution in [1.29, 1.82) is 0 Å². The summed E-state index contributed by atoms with van der Waals surface area (Å²) in [4.78, 5) is 15.4. The smallest absolute Gasteiger partial charge is 0.339 e. The topological polar surface area (TPSA) is 64.4 Å². The van der Waals surface area contributed by atoms with Crippen molar-refractivity contribution >= 4 is 17.0 Å².